The Morgan fingerprint density at radius 1 is 1.17 bits per heavy atom. The fraction of sp³-hybridized carbons (Fsp3) is 0.0625. The second-order valence-electron chi connectivity index (χ2n) is 5.14. The summed E-state index contributed by atoms with van der Waals surface area (Å²) in [4.78, 5) is 0.149. The maximum atomic E-state index is 12.4. The molecule has 0 aliphatic carbocycles. The van der Waals surface area contributed by atoms with Gasteiger partial charge in [-0.1, -0.05) is 23.7 Å². The number of nitrogens with zero attached hydrogens (tertiary/aromatic N) is 2. The predicted molar refractivity (Wildman–Crippen MR) is 98.6 cm³/mol. The first-order valence-corrected chi connectivity index (χ1v) is 9.58. The highest BCUT2D eigenvalue weighted by Gasteiger charge is 2.15. The zero-order chi connectivity index (χ0) is 17.3. The lowest BCUT2D eigenvalue weighted by Crippen LogP contribution is -2.12. The third kappa shape index (κ3) is 3.63. The summed E-state index contributed by atoms with van der Waals surface area (Å²) in [6.07, 6.45) is 1.83. The molecule has 3 rings (SSSR count). The molecule has 5 nitrogen and oxygen atoms in total. The average Bonchev–Trinajstić information content (AvgIpc) is 2.86. The largest absolute Gasteiger partial charge is 0.280 e. The second kappa shape index (κ2) is 6.58. The van der Waals surface area contributed by atoms with Gasteiger partial charge >= 0.3 is 0 Å². The van der Waals surface area contributed by atoms with E-state index in [0.29, 0.717) is 10.7 Å². The molecule has 0 saturated carbocycles. The summed E-state index contributed by atoms with van der Waals surface area (Å²) >= 11 is 9.25. The van der Waals surface area contributed by atoms with Crippen molar-refractivity contribution < 1.29 is 8.42 Å². The highest BCUT2D eigenvalue weighted by atomic mass is 79.9. The molecule has 1 N–H and O–H groups in total. The lowest BCUT2D eigenvalue weighted by molar-refractivity contribution is 0.601. The van der Waals surface area contributed by atoms with Crippen molar-refractivity contribution in [3.63, 3.8) is 0 Å². The van der Waals surface area contributed by atoms with Gasteiger partial charge in [0.1, 0.15) is 5.69 Å². The Labute approximate surface area is 153 Å². The molecule has 0 unspecified atom stereocenters. The van der Waals surface area contributed by atoms with Crippen molar-refractivity contribution in [1.29, 1.82) is 0 Å². The quantitative estimate of drug-likeness (QED) is 0.676. The SMILES string of the molecule is Cn1cc(Br)c(-c2cccc(NS(=O)(=O)c3ccc(Cl)cc3)c2)n1. The molecule has 1 aromatic heterocycles. The van der Waals surface area contributed by atoms with Gasteiger partial charge in [0, 0.05) is 29.5 Å². The van der Waals surface area contributed by atoms with Gasteiger partial charge in [0.15, 0.2) is 0 Å². The monoisotopic (exact) mass is 425 g/mol. The molecule has 24 heavy (non-hydrogen) atoms. The van der Waals surface area contributed by atoms with Crippen LogP contribution < -0.4 is 4.72 Å². The van der Waals surface area contributed by atoms with Crippen LogP contribution in [0.25, 0.3) is 11.3 Å². The van der Waals surface area contributed by atoms with Crippen LogP contribution in [0.2, 0.25) is 5.02 Å². The van der Waals surface area contributed by atoms with Gasteiger partial charge in [-0.05, 0) is 52.3 Å². The van der Waals surface area contributed by atoms with Crippen LogP contribution in [0.15, 0.2) is 64.1 Å². The number of rotatable bonds is 4. The highest BCUT2D eigenvalue weighted by molar-refractivity contribution is 9.10. The van der Waals surface area contributed by atoms with Crippen LogP contribution in [-0.4, -0.2) is 18.2 Å². The molecule has 1 heterocycles. The van der Waals surface area contributed by atoms with E-state index in [0.717, 1.165) is 15.7 Å². The summed E-state index contributed by atoms with van der Waals surface area (Å²) in [6.45, 7) is 0. The van der Waals surface area contributed by atoms with Gasteiger partial charge < -0.3 is 0 Å². The summed E-state index contributed by atoms with van der Waals surface area (Å²) in [6, 6.07) is 13.1. The summed E-state index contributed by atoms with van der Waals surface area (Å²) in [5, 5.41) is 4.85. The molecule has 0 atom stereocenters. The molecule has 0 spiro atoms. The van der Waals surface area contributed by atoms with E-state index in [1.165, 1.54) is 24.3 Å². The number of aryl methyl sites for hydroxylation is 1. The van der Waals surface area contributed by atoms with Crippen LogP contribution in [0.4, 0.5) is 5.69 Å². The fourth-order valence-corrected chi connectivity index (χ4v) is 3.99. The normalized spacial score (nSPS) is 11.5. The molecule has 0 aliphatic heterocycles. The molecule has 0 fully saturated rings. The number of benzene rings is 2. The first-order chi connectivity index (χ1) is 11.3. The minimum absolute atomic E-state index is 0.149. The van der Waals surface area contributed by atoms with Crippen molar-refractivity contribution in [3.05, 3.63) is 64.2 Å². The van der Waals surface area contributed by atoms with E-state index in [2.05, 4.69) is 25.8 Å². The predicted octanol–water partition coefficient (Wildman–Crippen LogP) is 4.30. The third-order valence-electron chi connectivity index (χ3n) is 3.30. The number of nitrogens with one attached hydrogen (secondary N) is 1. The number of anilines is 1. The van der Waals surface area contributed by atoms with E-state index in [9.17, 15) is 8.42 Å². The number of hydrogen-bond donors (Lipinski definition) is 1. The second-order valence-corrected chi connectivity index (χ2v) is 8.11. The fourth-order valence-electron chi connectivity index (χ4n) is 2.21. The number of aromatic nitrogens is 2. The Morgan fingerprint density at radius 3 is 2.50 bits per heavy atom. The lowest BCUT2D eigenvalue weighted by Gasteiger charge is -2.09. The molecule has 0 bridgehead atoms. The molecule has 0 aliphatic rings. The smallest absolute Gasteiger partial charge is 0.261 e. The first kappa shape index (κ1) is 17.0. The van der Waals surface area contributed by atoms with E-state index in [1.807, 2.05) is 19.3 Å². The molecule has 2 aromatic carbocycles. The van der Waals surface area contributed by atoms with E-state index in [4.69, 9.17) is 11.6 Å². The van der Waals surface area contributed by atoms with Crippen LogP contribution in [-0.2, 0) is 17.1 Å². The van der Waals surface area contributed by atoms with Crippen LogP contribution >= 0.6 is 27.5 Å². The molecule has 0 saturated heterocycles. The van der Waals surface area contributed by atoms with Gasteiger partial charge in [0.05, 0.1) is 9.37 Å². The minimum atomic E-state index is -3.68. The Hall–Kier alpha value is -1.83. The van der Waals surface area contributed by atoms with Crippen LogP contribution in [0, 0.1) is 0 Å². The first-order valence-electron chi connectivity index (χ1n) is 6.93. The van der Waals surface area contributed by atoms with Crippen molar-refractivity contribution in [3.8, 4) is 11.3 Å². The Kier molecular flexibility index (Phi) is 4.67. The van der Waals surface area contributed by atoms with Crippen molar-refractivity contribution in [1.82, 2.24) is 9.78 Å². The zero-order valence-electron chi connectivity index (χ0n) is 12.6. The summed E-state index contributed by atoms with van der Waals surface area (Å²) in [7, 11) is -1.86. The van der Waals surface area contributed by atoms with Gasteiger partial charge in [-0.2, -0.15) is 5.10 Å². The lowest BCUT2D eigenvalue weighted by atomic mass is 10.1. The van der Waals surface area contributed by atoms with Crippen molar-refractivity contribution >= 4 is 43.2 Å². The number of sulfonamides is 1. The van der Waals surface area contributed by atoms with Crippen molar-refractivity contribution in [2.75, 3.05) is 4.72 Å². The van der Waals surface area contributed by atoms with Gasteiger partial charge in [-0.3, -0.25) is 9.40 Å². The van der Waals surface area contributed by atoms with Gasteiger partial charge in [-0.15, -0.1) is 0 Å². The van der Waals surface area contributed by atoms with Crippen molar-refractivity contribution in [2.24, 2.45) is 7.05 Å². The minimum Gasteiger partial charge on any atom is -0.280 e. The molecule has 8 heteroatoms. The van der Waals surface area contributed by atoms with Crippen LogP contribution in [0.3, 0.4) is 0 Å². The number of halogens is 2. The highest BCUT2D eigenvalue weighted by Crippen LogP contribution is 2.29. The topological polar surface area (TPSA) is 64.0 Å². The maximum Gasteiger partial charge on any atom is 0.261 e. The summed E-state index contributed by atoms with van der Waals surface area (Å²) in [5.74, 6) is 0. The maximum absolute atomic E-state index is 12.4. The van der Waals surface area contributed by atoms with Crippen molar-refractivity contribution in [2.45, 2.75) is 4.90 Å². The van der Waals surface area contributed by atoms with Gasteiger partial charge in [-0.25, -0.2) is 8.42 Å². The zero-order valence-corrected chi connectivity index (χ0v) is 15.7. The molecule has 0 radical (unpaired) electrons. The average molecular weight is 427 g/mol. The third-order valence-corrected chi connectivity index (χ3v) is 5.53. The van der Waals surface area contributed by atoms with Gasteiger partial charge in [0.2, 0.25) is 0 Å². The summed E-state index contributed by atoms with van der Waals surface area (Å²) < 4.78 is 30.0. The Bertz CT molecular complexity index is 985. The molecular weight excluding hydrogens is 414 g/mol. The van der Waals surface area contributed by atoms with Crippen LogP contribution in [0.5, 0.6) is 0 Å². The van der Waals surface area contributed by atoms with Crippen LogP contribution in [0.1, 0.15) is 0 Å². The van der Waals surface area contributed by atoms with E-state index >= 15 is 0 Å². The molecule has 3 aromatic rings. The van der Waals surface area contributed by atoms with E-state index < -0.39 is 10.0 Å². The Balaban J connectivity index is 1.92. The van der Waals surface area contributed by atoms with Gasteiger partial charge in [0.25, 0.3) is 10.0 Å². The number of hydrogen-bond acceptors (Lipinski definition) is 3. The molecule has 124 valence electrons. The standard InChI is InChI=1S/C16H13BrClN3O2S/c1-21-10-15(17)16(19-21)11-3-2-4-13(9-11)20-24(22,23)14-7-5-12(18)6-8-14/h2-10,20H,1H3. The summed E-state index contributed by atoms with van der Waals surface area (Å²) in [5.41, 5.74) is 2.00. The van der Waals surface area contributed by atoms with E-state index in [1.54, 1.807) is 22.9 Å². The molecule has 0 amide bonds. The molecular formula is C16H13BrClN3O2S. The van der Waals surface area contributed by atoms with E-state index in [-0.39, 0.29) is 4.90 Å². The Morgan fingerprint density at radius 2 is 1.88 bits per heavy atom.